The van der Waals surface area contributed by atoms with Gasteiger partial charge in [-0.05, 0) is 36.8 Å². The minimum Gasteiger partial charge on any atom is -0.487 e. The molecule has 0 aliphatic rings. The normalized spacial score (nSPS) is 9.90. The van der Waals surface area contributed by atoms with Gasteiger partial charge in [-0.2, -0.15) is 0 Å². The third-order valence-electron chi connectivity index (χ3n) is 2.86. The lowest BCUT2D eigenvalue weighted by Crippen LogP contribution is -2.00. The van der Waals surface area contributed by atoms with Crippen LogP contribution in [0.1, 0.15) is 16.7 Å². The fourth-order valence-corrected chi connectivity index (χ4v) is 1.97. The maximum absolute atomic E-state index is 13.7. The van der Waals surface area contributed by atoms with Gasteiger partial charge in [0.2, 0.25) is 0 Å². The maximum atomic E-state index is 13.7. The Morgan fingerprint density at radius 3 is 2.76 bits per heavy atom. The van der Waals surface area contributed by atoms with E-state index in [0.717, 1.165) is 11.1 Å². The molecule has 0 saturated heterocycles. The van der Waals surface area contributed by atoms with E-state index in [9.17, 15) is 4.39 Å². The summed E-state index contributed by atoms with van der Waals surface area (Å²) in [6.07, 6.45) is 0. The van der Waals surface area contributed by atoms with E-state index in [4.69, 9.17) is 22.1 Å². The van der Waals surface area contributed by atoms with E-state index in [2.05, 4.69) is 11.8 Å². The van der Waals surface area contributed by atoms with Crippen molar-refractivity contribution >= 4 is 11.6 Å². The summed E-state index contributed by atoms with van der Waals surface area (Å²) in [5, 5.41) is 0.362. The topological polar surface area (TPSA) is 35.2 Å². The van der Waals surface area contributed by atoms with Crippen LogP contribution in [0.2, 0.25) is 5.02 Å². The highest BCUT2D eigenvalue weighted by Gasteiger charge is 2.06. The molecule has 108 valence electrons. The first-order valence-corrected chi connectivity index (χ1v) is 6.84. The molecule has 0 aliphatic carbocycles. The summed E-state index contributed by atoms with van der Waals surface area (Å²) in [6.45, 7) is 2.36. The Labute approximate surface area is 128 Å². The molecule has 2 rings (SSSR count). The highest BCUT2D eigenvalue weighted by atomic mass is 35.5. The number of hydrogen-bond donors (Lipinski definition) is 1. The Morgan fingerprint density at radius 1 is 1.24 bits per heavy atom. The Hall–Kier alpha value is -2.02. The van der Waals surface area contributed by atoms with Gasteiger partial charge in [0.1, 0.15) is 18.2 Å². The average molecular weight is 304 g/mol. The van der Waals surface area contributed by atoms with E-state index in [-0.39, 0.29) is 19.0 Å². The zero-order valence-electron chi connectivity index (χ0n) is 11.6. The Balaban J connectivity index is 2.19. The fourth-order valence-electron chi connectivity index (χ4n) is 1.81. The number of aryl methyl sites for hydroxylation is 1. The van der Waals surface area contributed by atoms with Crippen molar-refractivity contribution in [2.45, 2.75) is 13.5 Å². The molecular weight excluding hydrogens is 289 g/mol. The monoisotopic (exact) mass is 303 g/mol. The van der Waals surface area contributed by atoms with Crippen molar-refractivity contribution in [2.24, 2.45) is 5.73 Å². The maximum Gasteiger partial charge on any atom is 0.135 e. The van der Waals surface area contributed by atoms with Gasteiger partial charge in [-0.1, -0.05) is 35.6 Å². The molecule has 0 bridgehead atoms. The van der Waals surface area contributed by atoms with Gasteiger partial charge in [0.15, 0.2) is 0 Å². The van der Waals surface area contributed by atoms with Crippen molar-refractivity contribution in [3.63, 3.8) is 0 Å². The molecule has 2 N–H and O–H groups in total. The molecular formula is C17H15ClFNO. The molecule has 2 aromatic carbocycles. The van der Waals surface area contributed by atoms with E-state index in [0.29, 0.717) is 16.3 Å². The van der Waals surface area contributed by atoms with Gasteiger partial charge in [-0.25, -0.2) is 4.39 Å². The minimum atomic E-state index is -0.385. The quantitative estimate of drug-likeness (QED) is 0.878. The number of ether oxygens (including phenoxy) is 1. The molecule has 0 fully saturated rings. The number of benzene rings is 2. The molecule has 0 heterocycles. The zero-order chi connectivity index (χ0) is 15.2. The van der Waals surface area contributed by atoms with E-state index in [1.165, 1.54) is 6.07 Å². The highest BCUT2D eigenvalue weighted by Crippen LogP contribution is 2.22. The smallest absolute Gasteiger partial charge is 0.135 e. The van der Waals surface area contributed by atoms with Gasteiger partial charge in [0, 0.05) is 10.6 Å². The summed E-state index contributed by atoms with van der Waals surface area (Å²) < 4.78 is 19.4. The third kappa shape index (κ3) is 4.22. The number of halogens is 2. The van der Waals surface area contributed by atoms with Crippen molar-refractivity contribution in [3.05, 3.63) is 63.9 Å². The van der Waals surface area contributed by atoms with Gasteiger partial charge >= 0.3 is 0 Å². The summed E-state index contributed by atoms with van der Waals surface area (Å²) in [5.74, 6) is 5.98. The minimum absolute atomic E-state index is 0.114. The van der Waals surface area contributed by atoms with Crippen molar-refractivity contribution < 1.29 is 9.13 Å². The first kappa shape index (κ1) is 15.4. The van der Waals surface area contributed by atoms with Gasteiger partial charge in [-0.3, -0.25) is 0 Å². The second-order valence-electron chi connectivity index (χ2n) is 4.53. The van der Waals surface area contributed by atoms with Crippen LogP contribution in [0, 0.1) is 24.6 Å². The second-order valence-corrected chi connectivity index (χ2v) is 4.97. The molecule has 0 aliphatic heterocycles. The molecule has 0 saturated carbocycles. The van der Waals surface area contributed by atoms with Crippen molar-refractivity contribution in [1.82, 2.24) is 0 Å². The van der Waals surface area contributed by atoms with Crippen LogP contribution in [-0.2, 0) is 6.61 Å². The molecule has 2 nitrogen and oxygen atoms in total. The van der Waals surface area contributed by atoms with Crippen LogP contribution < -0.4 is 10.5 Å². The molecule has 0 spiro atoms. The van der Waals surface area contributed by atoms with Gasteiger partial charge < -0.3 is 10.5 Å². The lowest BCUT2D eigenvalue weighted by atomic mass is 10.1. The lowest BCUT2D eigenvalue weighted by Gasteiger charge is -2.10. The molecule has 2 aromatic rings. The largest absolute Gasteiger partial charge is 0.487 e. The van der Waals surface area contributed by atoms with Crippen LogP contribution in [0.15, 0.2) is 36.4 Å². The highest BCUT2D eigenvalue weighted by molar-refractivity contribution is 6.30. The van der Waals surface area contributed by atoms with E-state index in [1.54, 1.807) is 12.1 Å². The Kier molecular flexibility index (Phi) is 5.21. The average Bonchev–Trinajstić information content (AvgIpc) is 2.45. The van der Waals surface area contributed by atoms with Gasteiger partial charge in [-0.15, -0.1) is 0 Å². The van der Waals surface area contributed by atoms with Crippen LogP contribution in [0.3, 0.4) is 0 Å². The molecule has 21 heavy (non-hydrogen) atoms. The molecule has 0 amide bonds. The molecule has 0 aromatic heterocycles. The lowest BCUT2D eigenvalue weighted by molar-refractivity contribution is 0.299. The standard InChI is InChI=1S/C17H15ClFNO/c1-12-4-7-17(13(9-12)3-2-8-20)21-11-14-5-6-15(18)10-16(14)19/h4-7,9-10H,8,11,20H2,1H3. The molecule has 0 unspecified atom stereocenters. The van der Waals surface area contributed by atoms with Crippen molar-refractivity contribution in [3.8, 4) is 17.6 Å². The fraction of sp³-hybridized carbons (Fsp3) is 0.176. The summed E-state index contributed by atoms with van der Waals surface area (Å²) in [4.78, 5) is 0. The summed E-state index contributed by atoms with van der Waals surface area (Å²) >= 11 is 5.72. The number of hydrogen-bond acceptors (Lipinski definition) is 2. The Bertz CT molecular complexity index is 704. The van der Waals surface area contributed by atoms with Crippen LogP contribution in [0.5, 0.6) is 5.75 Å². The predicted molar refractivity (Wildman–Crippen MR) is 82.9 cm³/mol. The van der Waals surface area contributed by atoms with Crippen molar-refractivity contribution in [1.29, 1.82) is 0 Å². The number of nitrogens with two attached hydrogens (primary N) is 1. The van der Waals surface area contributed by atoms with Gasteiger partial charge in [0.05, 0.1) is 12.1 Å². The SMILES string of the molecule is Cc1ccc(OCc2ccc(Cl)cc2F)c(C#CCN)c1. The van der Waals surface area contributed by atoms with E-state index >= 15 is 0 Å². The predicted octanol–water partition coefficient (Wildman–Crippen LogP) is 3.68. The Morgan fingerprint density at radius 2 is 2.05 bits per heavy atom. The summed E-state index contributed by atoms with van der Waals surface area (Å²) in [5.41, 5.74) is 7.65. The van der Waals surface area contributed by atoms with Crippen LogP contribution in [0.4, 0.5) is 4.39 Å². The van der Waals surface area contributed by atoms with Gasteiger partial charge in [0.25, 0.3) is 0 Å². The summed E-state index contributed by atoms with van der Waals surface area (Å²) in [6, 6.07) is 10.2. The first-order valence-electron chi connectivity index (χ1n) is 6.46. The molecule has 0 radical (unpaired) electrons. The van der Waals surface area contributed by atoms with Crippen LogP contribution in [-0.4, -0.2) is 6.54 Å². The van der Waals surface area contributed by atoms with Crippen LogP contribution in [0.25, 0.3) is 0 Å². The van der Waals surface area contributed by atoms with E-state index < -0.39 is 0 Å². The number of rotatable bonds is 3. The second kappa shape index (κ2) is 7.12. The van der Waals surface area contributed by atoms with Crippen molar-refractivity contribution in [2.75, 3.05) is 6.54 Å². The first-order chi connectivity index (χ1) is 10.1. The summed E-state index contributed by atoms with van der Waals surface area (Å²) in [7, 11) is 0. The molecule has 4 heteroatoms. The van der Waals surface area contributed by atoms with Crippen LogP contribution >= 0.6 is 11.6 Å². The zero-order valence-corrected chi connectivity index (χ0v) is 12.4. The molecule has 0 atom stereocenters. The van der Waals surface area contributed by atoms with E-state index in [1.807, 2.05) is 25.1 Å². The third-order valence-corrected chi connectivity index (χ3v) is 3.09.